The molecule has 2 fully saturated rings. The number of thioether (sulfide) groups is 1. The van der Waals surface area contributed by atoms with Gasteiger partial charge in [0.2, 0.25) is 5.91 Å². The Balaban J connectivity index is 1.46. The zero-order valence-electron chi connectivity index (χ0n) is 20.0. The predicted octanol–water partition coefficient (Wildman–Crippen LogP) is 2.11. The molecule has 2 heterocycles. The summed E-state index contributed by atoms with van der Waals surface area (Å²) < 4.78 is 1.54. The van der Waals surface area contributed by atoms with E-state index in [1.165, 1.54) is 17.3 Å². The van der Waals surface area contributed by atoms with Crippen molar-refractivity contribution in [1.29, 1.82) is 0 Å². The number of hydrogen-bond donors (Lipinski definition) is 4. The maximum Gasteiger partial charge on any atom is 0.225 e. The van der Waals surface area contributed by atoms with Gasteiger partial charge in [-0.1, -0.05) is 61.2 Å². The fourth-order valence-electron chi connectivity index (χ4n) is 4.81. The fourth-order valence-corrected chi connectivity index (χ4v) is 5.52. The van der Waals surface area contributed by atoms with Crippen LogP contribution in [0, 0.1) is 5.92 Å². The Hall–Kier alpha value is -2.76. The second-order valence-corrected chi connectivity index (χ2v) is 11.1. The summed E-state index contributed by atoms with van der Waals surface area (Å²) in [7, 11) is 0. The monoisotopic (exact) mass is 497 g/mol. The Bertz CT molecular complexity index is 1200. The number of aliphatic hydroxyl groups is 2. The number of carbonyl (C=O) groups is 1. The van der Waals surface area contributed by atoms with Gasteiger partial charge < -0.3 is 20.8 Å². The topological polar surface area (TPSA) is 138 Å². The highest BCUT2D eigenvalue weighted by molar-refractivity contribution is 7.99. The third kappa shape index (κ3) is 4.72. The first-order valence-corrected chi connectivity index (χ1v) is 13.0. The Morgan fingerprint density at radius 3 is 2.66 bits per heavy atom. The molecule has 0 bridgehead atoms. The minimum atomic E-state index is -1.19. The van der Waals surface area contributed by atoms with Crippen LogP contribution >= 0.6 is 11.8 Å². The summed E-state index contributed by atoms with van der Waals surface area (Å²) >= 11 is 1.53. The van der Waals surface area contributed by atoms with Crippen molar-refractivity contribution in [3.05, 3.63) is 35.9 Å². The van der Waals surface area contributed by atoms with E-state index in [-0.39, 0.29) is 23.6 Å². The van der Waals surface area contributed by atoms with Crippen molar-refractivity contribution < 1.29 is 15.0 Å². The van der Waals surface area contributed by atoms with Gasteiger partial charge in [-0.15, -0.1) is 5.10 Å². The van der Waals surface area contributed by atoms with E-state index in [0.717, 1.165) is 6.42 Å². The molecule has 5 rings (SSSR count). The minimum absolute atomic E-state index is 0.235. The summed E-state index contributed by atoms with van der Waals surface area (Å²) in [6, 6.07) is 9.99. The van der Waals surface area contributed by atoms with Crippen LogP contribution in [0.5, 0.6) is 0 Å². The van der Waals surface area contributed by atoms with E-state index in [4.69, 9.17) is 9.97 Å². The van der Waals surface area contributed by atoms with Crippen molar-refractivity contribution in [2.24, 2.45) is 5.92 Å². The molecule has 11 heteroatoms. The van der Waals surface area contributed by atoms with Crippen LogP contribution in [0.1, 0.15) is 51.1 Å². The Kier molecular flexibility index (Phi) is 6.65. The number of nitrogens with one attached hydrogen (secondary N) is 2. The van der Waals surface area contributed by atoms with Crippen molar-refractivity contribution in [2.75, 3.05) is 11.9 Å². The highest BCUT2D eigenvalue weighted by Gasteiger charge is 2.47. The normalized spacial score (nSPS) is 27.9. The highest BCUT2D eigenvalue weighted by atomic mass is 32.2. The molecule has 0 saturated heterocycles. The SMILES string of the molecule is CCNC(=O)[C@@H]1C[C@H](n2nnc3c(NC4CC4c4ccccc4)nc(SC(C)C)nc32)[C@@H](O)[C@H]1O. The molecule has 3 aromatic rings. The van der Waals surface area contributed by atoms with E-state index >= 15 is 0 Å². The molecule has 0 aliphatic heterocycles. The molecule has 2 aromatic heterocycles. The number of fused-ring (bicyclic) bond motifs is 1. The van der Waals surface area contributed by atoms with E-state index in [1.807, 2.05) is 25.1 Å². The number of rotatable bonds is 8. The average molecular weight is 498 g/mol. The minimum Gasteiger partial charge on any atom is -0.390 e. The number of benzene rings is 1. The summed E-state index contributed by atoms with van der Waals surface area (Å²) in [5.74, 6) is 0.0131. The summed E-state index contributed by atoms with van der Waals surface area (Å²) in [5.41, 5.74) is 2.28. The van der Waals surface area contributed by atoms with Gasteiger partial charge in [-0.3, -0.25) is 4.79 Å². The molecule has 35 heavy (non-hydrogen) atoms. The Labute approximate surface area is 207 Å². The van der Waals surface area contributed by atoms with Crippen molar-refractivity contribution in [3.8, 4) is 0 Å². The van der Waals surface area contributed by atoms with Gasteiger partial charge in [0.25, 0.3) is 0 Å². The predicted molar refractivity (Wildman–Crippen MR) is 133 cm³/mol. The zero-order chi connectivity index (χ0) is 24.7. The van der Waals surface area contributed by atoms with Gasteiger partial charge in [0, 0.05) is 23.8 Å². The largest absolute Gasteiger partial charge is 0.390 e. The number of anilines is 1. The first kappa shape index (κ1) is 24.0. The summed E-state index contributed by atoms with van der Waals surface area (Å²) in [6.45, 7) is 6.42. The third-order valence-corrected chi connectivity index (χ3v) is 7.50. The van der Waals surface area contributed by atoms with Crippen LogP contribution in [0.4, 0.5) is 5.82 Å². The maximum absolute atomic E-state index is 12.4. The number of nitrogens with zero attached hydrogens (tertiary/aromatic N) is 5. The molecule has 2 unspecified atom stereocenters. The van der Waals surface area contributed by atoms with E-state index in [9.17, 15) is 15.0 Å². The number of amides is 1. The molecule has 10 nitrogen and oxygen atoms in total. The van der Waals surface area contributed by atoms with Crippen LogP contribution in [0.3, 0.4) is 0 Å². The number of carbonyl (C=O) groups excluding carboxylic acids is 1. The molecule has 0 spiro atoms. The zero-order valence-corrected chi connectivity index (χ0v) is 20.8. The molecule has 0 radical (unpaired) electrons. The Morgan fingerprint density at radius 2 is 1.94 bits per heavy atom. The second-order valence-electron chi connectivity index (χ2n) is 9.52. The smallest absolute Gasteiger partial charge is 0.225 e. The molecular weight excluding hydrogens is 466 g/mol. The molecule has 2 aliphatic rings. The van der Waals surface area contributed by atoms with Crippen LogP contribution in [-0.4, -0.2) is 71.1 Å². The van der Waals surface area contributed by atoms with Crippen LogP contribution in [-0.2, 0) is 4.79 Å². The third-order valence-electron chi connectivity index (χ3n) is 6.64. The van der Waals surface area contributed by atoms with Crippen LogP contribution < -0.4 is 10.6 Å². The van der Waals surface area contributed by atoms with Gasteiger partial charge in [0.1, 0.15) is 6.10 Å². The lowest BCUT2D eigenvalue weighted by Crippen LogP contribution is -2.38. The quantitative estimate of drug-likeness (QED) is 0.272. The maximum atomic E-state index is 12.4. The van der Waals surface area contributed by atoms with E-state index in [2.05, 4.69) is 46.9 Å². The molecule has 186 valence electrons. The summed E-state index contributed by atoms with van der Waals surface area (Å²) in [6.07, 6.45) is -1.11. The van der Waals surface area contributed by atoms with Crippen LogP contribution in [0.15, 0.2) is 35.5 Å². The summed E-state index contributed by atoms with van der Waals surface area (Å²) in [4.78, 5) is 21.9. The van der Waals surface area contributed by atoms with Crippen molar-refractivity contribution in [2.45, 2.75) is 74.2 Å². The summed E-state index contributed by atoms with van der Waals surface area (Å²) in [5, 5.41) is 37.1. The fraction of sp³-hybridized carbons (Fsp3) is 0.542. The molecular formula is C24H31N7O3S. The van der Waals surface area contributed by atoms with Gasteiger partial charge in [-0.2, -0.15) is 0 Å². The second kappa shape index (κ2) is 9.71. The molecule has 1 aromatic carbocycles. The molecule has 2 aliphatic carbocycles. The van der Waals surface area contributed by atoms with Crippen LogP contribution in [0.25, 0.3) is 11.2 Å². The lowest BCUT2D eigenvalue weighted by Gasteiger charge is -2.17. The number of aromatic nitrogens is 5. The highest BCUT2D eigenvalue weighted by Crippen LogP contribution is 2.43. The first-order chi connectivity index (χ1) is 16.9. The van der Waals surface area contributed by atoms with Gasteiger partial charge >= 0.3 is 0 Å². The lowest BCUT2D eigenvalue weighted by atomic mass is 10.0. The van der Waals surface area contributed by atoms with Crippen molar-refractivity contribution >= 4 is 34.7 Å². The van der Waals surface area contributed by atoms with Gasteiger partial charge in [0.15, 0.2) is 22.1 Å². The van der Waals surface area contributed by atoms with Crippen LogP contribution in [0.2, 0.25) is 0 Å². The molecule has 6 atom stereocenters. The number of aliphatic hydroxyl groups excluding tert-OH is 2. The average Bonchev–Trinajstić information content (AvgIpc) is 3.37. The molecule has 4 N–H and O–H groups in total. The standard InChI is InChI=1S/C24H31N7O3S/c1-4-25-23(34)15-11-17(20(33)19(15)32)31-22-18(29-30-31)21(27-24(28-22)35-12(2)3)26-16-10-14(16)13-8-6-5-7-9-13/h5-9,12,14-17,19-20,32-33H,4,10-11H2,1-3H3,(H,25,34)(H,26,27,28)/t14?,15-,16?,17+,19+,20-/m1/s1. The van der Waals surface area contributed by atoms with Crippen molar-refractivity contribution in [3.63, 3.8) is 0 Å². The van der Waals surface area contributed by atoms with Gasteiger partial charge in [-0.25, -0.2) is 14.6 Å². The molecule has 1 amide bonds. The van der Waals surface area contributed by atoms with E-state index in [1.54, 1.807) is 4.68 Å². The number of hydrogen-bond acceptors (Lipinski definition) is 9. The Morgan fingerprint density at radius 1 is 1.17 bits per heavy atom. The van der Waals surface area contributed by atoms with E-state index in [0.29, 0.717) is 34.6 Å². The first-order valence-electron chi connectivity index (χ1n) is 12.1. The van der Waals surface area contributed by atoms with Gasteiger partial charge in [0.05, 0.1) is 18.1 Å². The lowest BCUT2D eigenvalue weighted by molar-refractivity contribution is -0.128. The van der Waals surface area contributed by atoms with E-state index < -0.39 is 24.2 Å². The molecule has 2 saturated carbocycles. The van der Waals surface area contributed by atoms with Gasteiger partial charge in [-0.05, 0) is 25.3 Å². The van der Waals surface area contributed by atoms with Crippen molar-refractivity contribution in [1.82, 2.24) is 30.3 Å².